The van der Waals surface area contributed by atoms with Gasteiger partial charge in [-0.25, -0.2) is 30.2 Å². The minimum atomic E-state index is -0.218. The number of hydrazine groups is 1. The number of rotatable bonds is 6. The summed E-state index contributed by atoms with van der Waals surface area (Å²) in [5.74, 6) is 7.80. The molecule has 0 saturated heterocycles. The predicted molar refractivity (Wildman–Crippen MR) is 237 cm³/mol. The first-order chi connectivity index (χ1) is 30.9. The molecule has 11 rings (SSSR count). The lowest BCUT2D eigenvalue weighted by Gasteiger charge is -2.02. The Hall–Kier alpha value is -8.06. The van der Waals surface area contributed by atoms with Gasteiger partial charge in [0, 0.05) is 42.6 Å². The standard InChI is InChI=1S/C19H16N10OS.C9H8N6S.C7H4N4S.C2H6N2O/c1-10-20-17(25-23-10)12-4-5-15-24-26-19(28(15)8-12)31-16-7-6-14-21-13(9-29(14)27-16)22-18(30)11-2-3-11;1-5-10-8(13-11-5)6-2-3-7-12-14-9(16)15(7)4-6;1-8-5-2-3-6-9-10-7(12)11(6)4-5;1-2(5)4-3/h4-9,11H,2-3H2,1H3,(H,22,30)(H,20,23,25);2-4H,1H3,(H,14,16)(H,10,11,13);2-4H,(H,10,12);3H2,1H3,(H,4,5). The highest BCUT2D eigenvalue weighted by Gasteiger charge is 2.30. The molecular weight excluding hydrogens is 881 g/mol. The lowest BCUT2D eigenvalue weighted by molar-refractivity contribution is -0.119. The molecule has 0 aliphatic heterocycles. The van der Waals surface area contributed by atoms with Crippen LogP contribution in [-0.4, -0.2) is 101 Å². The van der Waals surface area contributed by atoms with Gasteiger partial charge in [-0.15, -0.1) is 10.2 Å². The molecule has 0 radical (unpaired) electrons. The number of aryl methyl sites for hydroxylation is 2. The summed E-state index contributed by atoms with van der Waals surface area (Å²) in [6, 6.07) is 14.7. The first-order valence-corrected chi connectivity index (χ1v) is 20.5. The number of nitrogens with one attached hydrogen (secondary N) is 6. The van der Waals surface area contributed by atoms with E-state index in [2.05, 4.69) is 87.0 Å². The van der Waals surface area contributed by atoms with Gasteiger partial charge in [-0.1, -0.05) is 6.07 Å². The van der Waals surface area contributed by atoms with Gasteiger partial charge in [0.25, 0.3) is 0 Å². The molecule has 10 aromatic heterocycles. The van der Waals surface area contributed by atoms with E-state index >= 15 is 0 Å². The first kappa shape index (κ1) is 42.6. The number of nitrogens with zero attached hydrogens (tertiary/aromatic N) is 15. The number of H-pyrrole nitrogens is 4. The van der Waals surface area contributed by atoms with E-state index < -0.39 is 0 Å². The van der Waals surface area contributed by atoms with Crippen molar-refractivity contribution in [1.82, 2.24) is 94.2 Å². The Morgan fingerprint density at radius 2 is 1.33 bits per heavy atom. The third-order valence-corrected chi connectivity index (χ3v) is 10.4. The molecule has 1 saturated carbocycles. The summed E-state index contributed by atoms with van der Waals surface area (Å²) in [4.78, 5) is 37.9. The molecule has 0 spiro atoms. The minimum absolute atomic E-state index is 0.0188. The fourth-order valence-corrected chi connectivity index (χ4v) is 6.82. The lowest BCUT2D eigenvalue weighted by Crippen LogP contribution is -2.26. The van der Waals surface area contributed by atoms with Crippen LogP contribution < -0.4 is 16.6 Å². The van der Waals surface area contributed by atoms with Crippen LogP contribution in [-0.2, 0) is 9.59 Å². The van der Waals surface area contributed by atoms with Gasteiger partial charge < -0.3 is 5.32 Å². The average molecular weight is 915 g/mol. The van der Waals surface area contributed by atoms with Crippen LogP contribution in [0.5, 0.6) is 0 Å². The van der Waals surface area contributed by atoms with E-state index in [-0.39, 0.29) is 17.7 Å². The molecule has 27 heteroatoms. The second-order valence-electron chi connectivity index (χ2n) is 13.7. The maximum Gasteiger partial charge on any atom is 0.230 e. The average Bonchev–Trinajstić information content (AvgIpc) is 3.83. The Balaban J connectivity index is 0.000000141. The van der Waals surface area contributed by atoms with Crippen molar-refractivity contribution in [3.63, 3.8) is 0 Å². The SMILES string of the molecule is CC(=O)NN.Cc1nc(-c2ccc3n[nH]c(=S)n3c2)n[nH]1.Cc1nc(-c2ccc3nnc(Sc4ccc5nc(NC(=O)C6CC6)cn5n4)n3c2)n[nH]1.[C-]#[N+]c1ccc2n[nH]c(=S)n2c1. The van der Waals surface area contributed by atoms with E-state index in [0.717, 1.165) is 51.9 Å². The van der Waals surface area contributed by atoms with Gasteiger partial charge in [0.15, 0.2) is 49.6 Å². The smallest absolute Gasteiger partial charge is 0.230 e. The fraction of sp³-hybridized carbons (Fsp3) is 0.162. The molecule has 0 aromatic carbocycles. The Morgan fingerprint density at radius 1 is 0.750 bits per heavy atom. The van der Waals surface area contributed by atoms with E-state index in [1.807, 2.05) is 72.5 Å². The Morgan fingerprint density at radius 3 is 1.91 bits per heavy atom. The maximum atomic E-state index is 12.0. The van der Waals surface area contributed by atoms with E-state index in [1.54, 1.807) is 37.8 Å². The van der Waals surface area contributed by atoms with Crippen molar-refractivity contribution >= 4 is 82.1 Å². The van der Waals surface area contributed by atoms with Gasteiger partial charge in [0.05, 0.1) is 12.8 Å². The van der Waals surface area contributed by atoms with Gasteiger partial charge >= 0.3 is 0 Å². The Kier molecular flexibility index (Phi) is 12.3. The Bertz CT molecular complexity index is 3470. The summed E-state index contributed by atoms with van der Waals surface area (Å²) < 4.78 is 8.06. The summed E-state index contributed by atoms with van der Waals surface area (Å²) in [5.41, 5.74) is 7.08. The lowest BCUT2D eigenvalue weighted by atomic mass is 10.3. The second-order valence-corrected chi connectivity index (χ2v) is 15.5. The molecule has 24 nitrogen and oxygen atoms in total. The highest BCUT2D eigenvalue weighted by molar-refractivity contribution is 7.99. The summed E-state index contributed by atoms with van der Waals surface area (Å²) in [5, 5.41) is 44.7. The van der Waals surface area contributed by atoms with E-state index in [4.69, 9.17) is 31.0 Å². The summed E-state index contributed by atoms with van der Waals surface area (Å²) in [6.45, 7) is 11.9. The molecule has 322 valence electrons. The van der Waals surface area contributed by atoms with Crippen LogP contribution in [0.25, 0.3) is 50.2 Å². The van der Waals surface area contributed by atoms with E-state index in [9.17, 15) is 9.59 Å². The van der Waals surface area contributed by atoms with Gasteiger partial charge in [-0.2, -0.15) is 25.5 Å². The van der Waals surface area contributed by atoms with Crippen LogP contribution in [0.1, 0.15) is 31.4 Å². The molecular formula is C37H34N22O2S3. The maximum absolute atomic E-state index is 12.0. The number of hydrogen-bond donors (Lipinski definition) is 7. The molecule has 8 N–H and O–H groups in total. The Labute approximate surface area is 374 Å². The van der Waals surface area contributed by atoms with E-state index in [0.29, 0.717) is 49.1 Å². The van der Waals surface area contributed by atoms with Crippen LogP contribution >= 0.6 is 36.2 Å². The molecule has 1 aliphatic rings. The number of pyridine rings is 3. The normalized spacial score (nSPS) is 11.9. The van der Waals surface area contributed by atoms with Crippen molar-refractivity contribution in [2.45, 2.75) is 43.8 Å². The van der Waals surface area contributed by atoms with Gasteiger partial charge in [-0.05, 0) is 105 Å². The quantitative estimate of drug-likeness (QED) is 0.0388. The van der Waals surface area contributed by atoms with Crippen LogP contribution in [0.4, 0.5) is 11.5 Å². The molecule has 64 heavy (non-hydrogen) atoms. The third kappa shape index (κ3) is 9.84. The van der Waals surface area contributed by atoms with Crippen molar-refractivity contribution in [3.05, 3.63) is 106 Å². The number of nitrogens with two attached hydrogens (primary N) is 1. The van der Waals surface area contributed by atoms with E-state index in [1.165, 1.54) is 18.7 Å². The molecule has 2 amide bonds. The first-order valence-electron chi connectivity index (χ1n) is 18.9. The zero-order valence-corrected chi connectivity index (χ0v) is 36.2. The summed E-state index contributed by atoms with van der Waals surface area (Å²) in [6.07, 6.45) is 9.04. The van der Waals surface area contributed by atoms with Gasteiger partial charge in [-0.3, -0.25) is 48.6 Å². The molecule has 10 aromatic rings. The fourth-order valence-electron chi connectivity index (χ4n) is 5.66. The van der Waals surface area contributed by atoms with Crippen molar-refractivity contribution in [2.24, 2.45) is 11.8 Å². The number of fused-ring (bicyclic) bond motifs is 4. The minimum Gasteiger partial charge on any atom is -0.309 e. The molecule has 1 aliphatic carbocycles. The van der Waals surface area contributed by atoms with Crippen LogP contribution in [0.15, 0.2) is 83.5 Å². The molecule has 1 fully saturated rings. The number of carbonyl (C=O) groups is 2. The number of amides is 2. The van der Waals surface area contributed by atoms with Gasteiger partial charge in [0.2, 0.25) is 22.7 Å². The van der Waals surface area contributed by atoms with Crippen molar-refractivity contribution in [1.29, 1.82) is 0 Å². The zero-order valence-electron chi connectivity index (χ0n) is 33.7. The van der Waals surface area contributed by atoms with Crippen molar-refractivity contribution in [2.75, 3.05) is 5.32 Å². The number of carbonyl (C=O) groups excluding carboxylic acids is 2. The predicted octanol–water partition coefficient (Wildman–Crippen LogP) is 4.79. The van der Waals surface area contributed by atoms with Gasteiger partial charge in [0.1, 0.15) is 16.7 Å². The van der Waals surface area contributed by atoms with Crippen molar-refractivity contribution in [3.8, 4) is 22.8 Å². The molecule has 0 atom stereocenters. The van der Waals surface area contributed by atoms with Crippen molar-refractivity contribution < 1.29 is 9.59 Å². The zero-order chi connectivity index (χ0) is 44.9. The number of aromatic amines is 4. The number of imidazole rings is 1. The van der Waals surface area contributed by atoms with Crippen LogP contribution in [0, 0.1) is 35.9 Å². The number of anilines is 1. The topological polar surface area (TPSA) is 298 Å². The summed E-state index contributed by atoms with van der Waals surface area (Å²) in [7, 11) is 0. The third-order valence-electron chi connectivity index (χ3n) is 8.91. The summed E-state index contributed by atoms with van der Waals surface area (Å²) >= 11 is 11.4. The second kappa shape index (κ2) is 18.5. The molecule has 0 bridgehead atoms. The largest absolute Gasteiger partial charge is 0.309 e. The number of hydrogen-bond acceptors (Lipinski definition) is 16. The highest BCUT2D eigenvalue weighted by atomic mass is 32.2. The monoisotopic (exact) mass is 914 g/mol. The van der Waals surface area contributed by atoms with Crippen LogP contribution in [0.2, 0.25) is 0 Å². The molecule has 10 heterocycles. The van der Waals surface area contributed by atoms with Crippen LogP contribution in [0.3, 0.4) is 0 Å². The highest BCUT2D eigenvalue weighted by Crippen LogP contribution is 2.30. The number of aromatic nitrogens is 18. The molecule has 0 unspecified atom stereocenters.